The van der Waals surface area contributed by atoms with Gasteiger partial charge in [-0.2, -0.15) is 13.2 Å². The summed E-state index contributed by atoms with van der Waals surface area (Å²) in [6.07, 6.45) is -4.41. The Kier molecular flexibility index (Phi) is 6.01. The molecule has 0 amide bonds. The number of halogens is 3. The Labute approximate surface area is 160 Å². The Bertz CT molecular complexity index is 869. The van der Waals surface area contributed by atoms with E-state index in [1.54, 1.807) is 20.8 Å². The lowest BCUT2D eigenvalue weighted by Gasteiger charge is -2.21. The van der Waals surface area contributed by atoms with E-state index in [2.05, 4.69) is 5.32 Å². The van der Waals surface area contributed by atoms with Crippen molar-refractivity contribution in [2.75, 3.05) is 5.32 Å². The number of esters is 1. The third-order valence-electron chi connectivity index (χ3n) is 3.65. The van der Waals surface area contributed by atoms with Crippen LogP contribution in [0.3, 0.4) is 0 Å². The smallest absolute Gasteiger partial charge is 0.416 e. The van der Waals surface area contributed by atoms with Gasteiger partial charge in [-0.15, -0.1) is 0 Å². The molecule has 0 bridgehead atoms. The van der Waals surface area contributed by atoms with Crippen molar-refractivity contribution in [2.45, 2.75) is 39.1 Å². The molecule has 28 heavy (non-hydrogen) atoms. The van der Waals surface area contributed by atoms with Gasteiger partial charge in [0, 0.05) is 12.2 Å². The molecular formula is C20H20F3NO4. The molecule has 2 aromatic rings. The van der Waals surface area contributed by atoms with Gasteiger partial charge in [0.15, 0.2) is 0 Å². The van der Waals surface area contributed by atoms with Gasteiger partial charge in [-0.05, 0) is 56.7 Å². The molecule has 0 aliphatic carbocycles. The first-order chi connectivity index (χ1) is 12.9. The lowest BCUT2D eigenvalue weighted by atomic mass is 10.1. The molecule has 0 atom stereocenters. The van der Waals surface area contributed by atoms with E-state index in [1.165, 1.54) is 30.3 Å². The molecule has 5 nitrogen and oxygen atoms in total. The highest BCUT2D eigenvalue weighted by molar-refractivity contribution is 5.99. The van der Waals surface area contributed by atoms with Crippen molar-refractivity contribution in [3.63, 3.8) is 0 Å². The van der Waals surface area contributed by atoms with Crippen LogP contribution in [0.5, 0.6) is 0 Å². The summed E-state index contributed by atoms with van der Waals surface area (Å²) in [5, 5.41) is 12.1. The number of alkyl halides is 3. The second kappa shape index (κ2) is 7.92. The molecule has 0 aliphatic heterocycles. The lowest BCUT2D eigenvalue weighted by molar-refractivity contribution is -0.137. The van der Waals surface area contributed by atoms with E-state index in [0.29, 0.717) is 11.3 Å². The van der Waals surface area contributed by atoms with Gasteiger partial charge in [0.25, 0.3) is 0 Å². The highest BCUT2D eigenvalue weighted by Crippen LogP contribution is 2.29. The topological polar surface area (TPSA) is 75.6 Å². The molecule has 0 radical (unpaired) electrons. The van der Waals surface area contributed by atoms with Crippen LogP contribution in [0.25, 0.3) is 0 Å². The number of aromatic carboxylic acids is 1. The maximum Gasteiger partial charge on any atom is 0.416 e. The predicted octanol–water partition coefficient (Wildman–Crippen LogP) is 4.97. The van der Waals surface area contributed by atoms with Crippen LogP contribution in [0.15, 0.2) is 42.5 Å². The molecule has 0 unspecified atom stereocenters. The summed E-state index contributed by atoms with van der Waals surface area (Å²) < 4.78 is 43.2. The van der Waals surface area contributed by atoms with Gasteiger partial charge in [0.05, 0.1) is 16.7 Å². The summed E-state index contributed by atoms with van der Waals surface area (Å²) in [4.78, 5) is 23.6. The minimum Gasteiger partial charge on any atom is -0.478 e. The quantitative estimate of drug-likeness (QED) is 0.699. The van der Waals surface area contributed by atoms with Gasteiger partial charge in [0.2, 0.25) is 0 Å². The molecule has 0 heterocycles. The Hall–Kier alpha value is -3.03. The summed E-state index contributed by atoms with van der Waals surface area (Å²) in [5.41, 5.74) is -0.704. The van der Waals surface area contributed by atoms with Crippen LogP contribution in [-0.4, -0.2) is 22.6 Å². The van der Waals surface area contributed by atoms with Crippen molar-refractivity contribution in [1.82, 2.24) is 0 Å². The lowest BCUT2D eigenvalue weighted by Crippen LogP contribution is -2.24. The van der Waals surface area contributed by atoms with Gasteiger partial charge < -0.3 is 15.2 Å². The fraction of sp³-hybridized carbons (Fsp3) is 0.300. The summed E-state index contributed by atoms with van der Waals surface area (Å²) in [7, 11) is 0. The average Bonchev–Trinajstić information content (AvgIpc) is 2.57. The summed E-state index contributed by atoms with van der Waals surface area (Å²) >= 11 is 0. The Morgan fingerprint density at radius 2 is 1.64 bits per heavy atom. The zero-order valence-electron chi connectivity index (χ0n) is 15.6. The van der Waals surface area contributed by atoms with E-state index >= 15 is 0 Å². The van der Waals surface area contributed by atoms with Gasteiger partial charge >= 0.3 is 18.1 Å². The third-order valence-corrected chi connectivity index (χ3v) is 3.65. The van der Waals surface area contributed by atoms with E-state index in [-0.39, 0.29) is 17.7 Å². The number of hydrogen-bond acceptors (Lipinski definition) is 4. The zero-order valence-corrected chi connectivity index (χ0v) is 15.6. The summed E-state index contributed by atoms with van der Waals surface area (Å²) in [6, 6.07) is 8.55. The first-order valence-corrected chi connectivity index (χ1v) is 8.37. The molecule has 2 aromatic carbocycles. The van der Waals surface area contributed by atoms with Crippen molar-refractivity contribution >= 4 is 17.6 Å². The number of anilines is 1. The van der Waals surface area contributed by atoms with Crippen molar-refractivity contribution in [1.29, 1.82) is 0 Å². The van der Waals surface area contributed by atoms with Crippen molar-refractivity contribution < 1.29 is 32.6 Å². The molecule has 150 valence electrons. The van der Waals surface area contributed by atoms with Crippen molar-refractivity contribution in [3.05, 3.63) is 64.7 Å². The molecule has 0 saturated heterocycles. The van der Waals surface area contributed by atoms with Crippen LogP contribution >= 0.6 is 0 Å². The van der Waals surface area contributed by atoms with Crippen LogP contribution in [0, 0.1) is 0 Å². The molecule has 0 fully saturated rings. The number of rotatable bonds is 5. The molecular weight excluding hydrogens is 375 g/mol. The second-order valence-corrected chi connectivity index (χ2v) is 7.12. The Morgan fingerprint density at radius 3 is 2.14 bits per heavy atom. The maximum absolute atomic E-state index is 12.6. The van der Waals surface area contributed by atoms with Crippen LogP contribution in [0.4, 0.5) is 18.9 Å². The summed E-state index contributed by atoms with van der Waals surface area (Å²) in [5.74, 6) is -1.90. The first-order valence-electron chi connectivity index (χ1n) is 8.37. The third kappa shape index (κ3) is 5.73. The van der Waals surface area contributed by atoms with Crippen molar-refractivity contribution in [2.24, 2.45) is 0 Å². The number of benzene rings is 2. The fourth-order valence-electron chi connectivity index (χ4n) is 2.34. The SMILES string of the molecule is CC(C)(C)OC(=O)c1cc(C(=O)O)ccc1NCc1ccc(C(F)(F)F)cc1. The molecule has 0 saturated carbocycles. The van der Waals surface area contributed by atoms with Crippen molar-refractivity contribution in [3.8, 4) is 0 Å². The average molecular weight is 395 g/mol. The molecule has 0 aromatic heterocycles. The minimum absolute atomic E-state index is 0.0294. The zero-order chi connectivity index (χ0) is 21.1. The Morgan fingerprint density at radius 1 is 1.04 bits per heavy atom. The molecule has 8 heteroatoms. The summed E-state index contributed by atoms with van der Waals surface area (Å²) in [6.45, 7) is 5.18. The maximum atomic E-state index is 12.6. The normalized spacial score (nSPS) is 11.8. The van der Waals surface area contributed by atoms with Gasteiger partial charge in [-0.25, -0.2) is 9.59 Å². The number of carboxylic acid groups (broad SMARTS) is 1. The number of nitrogens with one attached hydrogen (secondary N) is 1. The molecule has 2 rings (SSSR count). The minimum atomic E-state index is -4.41. The number of hydrogen-bond donors (Lipinski definition) is 2. The monoisotopic (exact) mass is 395 g/mol. The largest absolute Gasteiger partial charge is 0.478 e. The van der Waals surface area contributed by atoms with Crippen LogP contribution in [-0.2, 0) is 17.5 Å². The van der Waals surface area contributed by atoms with Crippen LogP contribution < -0.4 is 5.32 Å². The number of carboxylic acids is 1. The van der Waals surface area contributed by atoms with E-state index < -0.39 is 29.3 Å². The van der Waals surface area contributed by atoms with E-state index in [9.17, 15) is 22.8 Å². The second-order valence-electron chi connectivity index (χ2n) is 7.12. The number of carbonyl (C=O) groups excluding carboxylic acids is 1. The fourth-order valence-corrected chi connectivity index (χ4v) is 2.34. The standard InChI is InChI=1S/C20H20F3NO4/c1-19(2,3)28-18(27)15-10-13(17(25)26)6-9-16(15)24-11-12-4-7-14(8-5-12)20(21,22)23/h4-10,24H,11H2,1-3H3,(H,25,26). The van der Waals surface area contributed by atoms with Gasteiger partial charge in [0.1, 0.15) is 5.60 Å². The van der Waals surface area contributed by atoms with Gasteiger partial charge in [-0.3, -0.25) is 0 Å². The molecule has 0 aliphatic rings. The predicted molar refractivity (Wildman–Crippen MR) is 97.3 cm³/mol. The first kappa shape index (κ1) is 21.3. The number of carbonyl (C=O) groups is 2. The highest BCUT2D eigenvalue weighted by Gasteiger charge is 2.30. The van der Waals surface area contributed by atoms with E-state index in [4.69, 9.17) is 9.84 Å². The highest BCUT2D eigenvalue weighted by atomic mass is 19.4. The molecule has 0 spiro atoms. The van der Waals surface area contributed by atoms with Gasteiger partial charge in [-0.1, -0.05) is 12.1 Å². The number of ether oxygens (including phenoxy) is 1. The molecule has 2 N–H and O–H groups in total. The Balaban J connectivity index is 2.24. The van der Waals surface area contributed by atoms with E-state index in [0.717, 1.165) is 12.1 Å². The van der Waals surface area contributed by atoms with Crippen LogP contribution in [0.1, 0.15) is 52.6 Å². The van der Waals surface area contributed by atoms with E-state index in [1.807, 2.05) is 0 Å². The van der Waals surface area contributed by atoms with Crippen LogP contribution in [0.2, 0.25) is 0 Å².